The fourth-order valence-corrected chi connectivity index (χ4v) is 2.03. The summed E-state index contributed by atoms with van der Waals surface area (Å²) >= 11 is 0. The third-order valence-corrected chi connectivity index (χ3v) is 2.90. The number of ether oxygens (including phenoxy) is 2. The van der Waals surface area contributed by atoms with Crippen molar-refractivity contribution in [3.63, 3.8) is 0 Å². The van der Waals surface area contributed by atoms with Gasteiger partial charge in [-0.1, -0.05) is 13.8 Å². The van der Waals surface area contributed by atoms with Crippen LogP contribution in [0, 0.1) is 12.8 Å². The number of methoxy groups -OCH3 is 2. The van der Waals surface area contributed by atoms with Crippen LogP contribution < -0.4 is 15.2 Å². The van der Waals surface area contributed by atoms with Crippen molar-refractivity contribution in [2.75, 3.05) is 14.2 Å². The molecule has 2 N–H and O–H groups in total. The van der Waals surface area contributed by atoms with Gasteiger partial charge >= 0.3 is 0 Å². The zero-order valence-corrected chi connectivity index (χ0v) is 11.4. The zero-order chi connectivity index (χ0) is 13.0. The molecule has 0 aromatic heterocycles. The molecule has 1 unspecified atom stereocenters. The van der Waals surface area contributed by atoms with Gasteiger partial charge in [-0.3, -0.25) is 0 Å². The van der Waals surface area contributed by atoms with E-state index in [1.165, 1.54) is 0 Å². The van der Waals surface area contributed by atoms with E-state index in [9.17, 15) is 0 Å². The molecule has 1 rings (SSSR count). The van der Waals surface area contributed by atoms with Crippen LogP contribution in [0.2, 0.25) is 0 Å². The Morgan fingerprint density at radius 3 is 2.12 bits per heavy atom. The molecule has 17 heavy (non-hydrogen) atoms. The van der Waals surface area contributed by atoms with Gasteiger partial charge in [0, 0.05) is 6.04 Å². The molecule has 0 saturated heterocycles. The molecule has 3 heteroatoms. The Hall–Kier alpha value is -1.22. The van der Waals surface area contributed by atoms with Gasteiger partial charge in [0.1, 0.15) is 0 Å². The first-order valence-electron chi connectivity index (χ1n) is 5.97. The Balaban J connectivity index is 3.07. The Kier molecular flexibility index (Phi) is 4.82. The summed E-state index contributed by atoms with van der Waals surface area (Å²) in [4.78, 5) is 0. The summed E-state index contributed by atoms with van der Waals surface area (Å²) in [6.45, 7) is 6.41. The highest BCUT2D eigenvalue weighted by molar-refractivity contribution is 5.48. The van der Waals surface area contributed by atoms with Crippen LogP contribution in [0.25, 0.3) is 0 Å². The maximum Gasteiger partial charge on any atom is 0.161 e. The first kappa shape index (κ1) is 13.8. The molecule has 1 atom stereocenters. The standard InChI is InChI=1S/C14H23NO2/c1-9(2)6-12(15)11-8-14(17-5)13(16-4)7-10(11)3/h7-9,12H,6,15H2,1-5H3. The summed E-state index contributed by atoms with van der Waals surface area (Å²) in [5.41, 5.74) is 8.50. The first-order valence-corrected chi connectivity index (χ1v) is 5.97. The van der Waals surface area contributed by atoms with E-state index in [1.807, 2.05) is 12.1 Å². The molecule has 0 saturated carbocycles. The quantitative estimate of drug-likeness (QED) is 0.856. The summed E-state index contributed by atoms with van der Waals surface area (Å²) in [5.74, 6) is 2.08. The zero-order valence-electron chi connectivity index (χ0n) is 11.4. The molecule has 0 bridgehead atoms. The van der Waals surface area contributed by atoms with Gasteiger partial charge in [0.05, 0.1) is 14.2 Å². The van der Waals surface area contributed by atoms with E-state index in [-0.39, 0.29) is 6.04 Å². The molecule has 1 aromatic carbocycles. The second-order valence-electron chi connectivity index (χ2n) is 4.80. The van der Waals surface area contributed by atoms with Crippen LogP contribution in [0.5, 0.6) is 11.5 Å². The van der Waals surface area contributed by atoms with Gasteiger partial charge in [0.2, 0.25) is 0 Å². The maximum atomic E-state index is 6.22. The fourth-order valence-electron chi connectivity index (χ4n) is 2.03. The molecule has 0 heterocycles. The van der Waals surface area contributed by atoms with Gasteiger partial charge in [0.25, 0.3) is 0 Å². The minimum atomic E-state index is 0.0507. The summed E-state index contributed by atoms with van der Waals surface area (Å²) in [7, 11) is 3.29. The average Bonchev–Trinajstić information content (AvgIpc) is 2.27. The predicted molar refractivity (Wildman–Crippen MR) is 70.7 cm³/mol. The summed E-state index contributed by atoms with van der Waals surface area (Å²) in [6.07, 6.45) is 0.969. The Bertz CT molecular complexity index is 375. The van der Waals surface area contributed by atoms with E-state index >= 15 is 0 Å². The molecule has 96 valence electrons. The molecule has 0 amide bonds. The Labute approximate surface area is 104 Å². The number of hydrogen-bond acceptors (Lipinski definition) is 3. The molecule has 0 aliphatic carbocycles. The first-order chi connectivity index (χ1) is 7.99. The Morgan fingerprint density at radius 1 is 1.12 bits per heavy atom. The molecule has 1 aromatic rings. The number of rotatable bonds is 5. The fraction of sp³-hybridized carbons (Fsp3) is 0.571. The minimum absolute atomic E-state index is 0.0507. The van der Waals surface area contributed by atoms with E-state index in [0.717, 1.165) is 29.0 Å². The predicted octanol–water partition coefficient (Wildman–Crippen LogP) is 3.06. The van der Waals surface area contributed by atoms with Crippen LogP contribution in [0.15, 0.2) is 12.1 Å². The highest BCUT2D eigenvalue weighted by atomic mass is 16.5. The van der Waals surface area contributed by atoms with Gasteiger partial charge in [-0.15, -0.1) is 0 Å². The van der Waals surface area contributed by atoms with Crippen molar-refractivity contribution in [1.82, 2.24) is 0 Å². The molecule has 0 aliphatic heterocycles. The number of hydrogen-bond donors (Lipinski definition) is 1. The molecule has 3 nitrogen and oxygen atoms in total. The van der Waals surface area contributed by atoms with Crippen molar-refractivity contribution in [3.8, 4) is 11.5 Å². The van der Waals surface area contributed by atoms with E-state index in [0.29, 0.717) is 5.92 Å². The smallest absolute Gasteiger partial charge is 0.161 e. The van der Waals surface area contributed by atoms with Crippen molar-refractivity contribution in [1.29, 1.82) is 0 Å². The number of aryl methyl sites for hydroxylation is 1. The lowest BCUT2D eigenvalue weighted by Crippen LogP contribution is -2.14. The van der Waals surface area contributed by atoms with Crippen molar-refractivity contribution in [3.05, 3.63) is 23.3 Å². The lowest BCUT2D eigenvalue weighted by atomic mass is 9.94. The second-order valence-corrected chi connectivity index (χ2v) is 4.80. The molecular formula is C14H23NO2. The van der Waals surface area contributed by atoms with Gasteiger partial charge in [-0.25, -0.2) is 0 Å². The van der Waals surface area contributed by atoms with Crippen LogP contribution in [-0.2, 0) is 0 Å². The van der Waals surface area contributed by atoms with E-state index in [2.05, 4.69) is 20.8 Å². The second kappa shape index (κ2) is 5.92. The van der Waals surface area contributed by atoms with Crippen LogP contribution >= 0.6 is 0 Å². The highest BCUT2D eigenvalue weighted by Crippen LogP contribution is 2.33. The van der Waals surface area contributed by atoms with Crippen LogP contribution in [0.3, 0.4) is 0 Å². The molecule has 0 aliphatic rings. The molecular weight excluding hydrogens is 214 g/mol. The monoisotopic (exact) mass is 237 g/mol. The largest absolute Gasteiger partial charge is 0.493 e. The van der Waals surface area contributed by atoms with Crippen molar-refractivity contribution >= 4 is 0 Å². The van der Waals surface area contributed by atoms with Gasteiger partial charge in [-0.2, -0.15) is 0 Å². The number of benzene rings is 1. The Morgan fingerprint density at radius 2 is 1.65 bits per heavy atom. The maximum absolute atomic E-state index is 6.22. The van der Waals surface area contributed by atoms with E-state index in [1.54, 1.807) is 14.2 Å². The van der Waals surface area contributed by atoms with Crippen molar-refractivity contribution in [2.24, 2.45) is 11.7 Å². The lowest BCUT2D eigenvalue weighted by molar-refractivity contribution is 0.353. The van der Waals surface area contributed by atoms with Crippen molar-refractivity contribution in [2.45, 2.75) is 33.2 Å². The third kappa shape index (κ3) is 3.37. The molecule has 0 fully saturated rings. The van der Waals surface area contributed by atoms with E-state index in [4.69, 9.17) is 15.2 Å². The van der Waals surface area contributed by atoms with Crippen molar-refractivity contribution < 1.29 is 9.47 Å². The van der Waals surface area contributed by atoms with Gasteiger partial charge < -0.3 is 15.2 Å². The van der Waals surface area contributed by atoms with Crippen LogP contribution in [0.4, 0.5) is 0 Å². The minimum Gasteiger partial charge on any atom is -0.493 e. The molecule has 0 spiro atoms. The number of nitrogens with two attached hydrogens (primary N) is 1. The van der Waals surface area contributed by atoms with Crippen LogP contribution in [0.1, 0.15) is 37.4 Å². The van der Waals surface area contributed by atoms with Gasteiger partial charge in [0.15, 0.2) is 11.5 Å². The summed E-state index contributed by atoms with van der Waals surface area (Å²) in [6, 6.07) is 4.02. The van der Waals surface area contributed by atoms with E-state index < -0.39 is 0 Å². The molecule has 0 radical (unpaired) electrons. The lowest BCUT2D eigenvalue weighted by Gasteiger charge is -2.19. The highest BCUT2D eigenvalue weighted by Gasteiger charge is 2.15. The van der Waals surface area contributed by atoms with Gasteiger partial charge in [-0.05, 0) is 42.5 Å². The topological polar surface area (TPSA) is 44.5 Å². The third-order valence-electron chi connectivity index (χ3n) is 2.90. The summed E-state index contributed by atoms with van der Waals surface area (Å²) < 4.78 is 10.6. The SMILES string of the molecule is COc1cc(C)c(C(N)CC(C)C)cc1OC. The summed E-state index contributed by atoms with van der Waals surface area (Å²) in [5, 5.41) is 0. The normalized spacial score (nSPS) is 12.6. The average molecular weight is 237 g/mol. The van der Waals surface area contributed by atoms with Crippen LogP contribution in [-0.4, -0.2) is 14.2 Å².